The molecule has 1 aromatic heterocycles. The fourth-order valence-corrected chi connectivity index (χ4v) is 5.01. The van der Waals surface area contributed by atoms with Gasteiger partial charge < -0.3 is 10.0 Å². The number of piperidine rings is 1. The molecule has 0 bridgehead atoms. The normalized spacial score (nSPS) is 15.2. The van der Waals surface area contributed by atoms with E-state index in [1.54, 1.807) is 10.7 Å². The number of aryl methyl sites for hydroxylation is 1. The predicted octanol–water partition coefficient (Wildman–Crippen LogP) is 6.29. The third-order valence-electron chi connectivity index (χ3n) is 6.85. The predicted molar refractivity (Wildman–Crippen MR) is 132 cm³/mol. The molecule has 1 N–H and O–H groups in total. The van der Waals surface area contributed by atoms with Crippen molar-refractivity contribution in [2.45, 2.75) is 32.5 Å². The summed E-state index contributed by atoms with van der Waals surface area (Å²) >= 11 is 0. The van der Waals surface area contributed by atoms with Gasteiger partial charge in [0.05, 0.1) is 17.8 Å². The van der Waals surface area contributed by atoms with Crippen LogP contribution in [-0.2, 0) is 12.7 Å². The second kappa shape index (κ2) is 9.38. The van der Waals surface area contributed by atoms with E-state index < -0.39 is 11.7 Å². The van der Waals surface area contributed by atoms with Crippen molar-refractivity contribution in [2.24, 2.45) is 5.92 Å². The van der Waals surface area contributed by atoms with E-state index in [1.165, 1.54) is 6.07 Å². The molecule has 0 unspecified atom stereocenters. The summed E-state index contributed by atoms with van der Waals surface area (Å²) in [6, 6.07) is 20.2. The number of hydrogen-bond donors (Lipinski definition) is 1. The highest BCUT2D eigenvalue weighted by molar-refractivity contribution is 5.95. The summed E-state index contributed by atoms with van der Waals surface area (Å²) in [5.74, 6) is 0.329. The molecular weight excluding hydrogens is 451 g/mol. The second-order valence-electron chi connectivity index (χ2n) is 9.36. The van der Waals surface area contributed by atoms with Gasteiger partial charge in [0.15, 0.2) is 0 Å². The number of alkyl halides is 3. The number of benzene rings is 3. The van der Waals surface area contributed by atoms with Gasteiger partial charge in [-0.25, -0.2) is 0 Å². The lowest BCUT2D eigenvalue weighted by Crippen LogP contribution is -2.34. The lowest BCUT2D eigenvalue weighted by molar-refractivity contribution is -0.136. The first kappa shape index (κ1) is 23.4. The highest BCUT2D eigenvalue weighted by Crippen LogP contribution is 2.39. The summed E-state index contributed by atoms with van der Waals surface area (Å²) < 4.78 is 43.2. The van der Waals surface area contributed by atoms with E-state index in [0.717, 1.165) is 54.4 Å². The first-order valence-corrected chi connectivity index (χ1v) is 11.9. The SMILES string of the molecule is Cc1cccc(Cn2nc3c(C(F)(F)F)cccc3c2-c2cccc(N3CCC(CO)CC3)c2)c1. The smallest absolute Gasteiger partial charge is 0.396 e. The van der Waals surface area contributed by atoms with Gasteiger partial charge in [0, 0.05) is 36.3 Å². The maximum atomic E-state index is 13.8. The summed E-state index contributed by atoms with van der Waals surface area (Å²) in [4.78, 5) is 2.28. The third kappa shape index (κ3) is 4.78. The van der Waals surface area contributed by atoms with Crippen LogP contribution < -0.4 is 4.90 Å². The fourth-order valence-electron chi connectivity index (χ4n) is 5.01. The molecule has 2 heterocycles. The molecule has 1 aliphatic heterocycles. The minimum Gasteiger partial charge on any atom is -0.396 e. The van der Waals surface area contributed by atoms with E-state index in [4.69, 9.17) is 0 Å². The number of hydrogen-bond acceptors (Lipinski definition) is 3. The van der Waals surface area contributed by atoms with Crippen LogP contribution in [0.25, 0.3) is 22.2 Å². The Morgan fingerprint density at radius 1 is 0.971 bits per heavy atom. The molecule has 1 fully saturated rings. The molecule has 3 aromatic carbocycles. The van der Waals surface area contributed by atoms with Crippen molar-refractivity contribution in [3.8, 4) is 11.3 Å². The van der Waals surface area contributed by atoms with Gasteiger partial charge >= 0.3 is 6.18 Å². The Morgan fingerprint density at radius 3 is 2.43 bits per heavy atom. The van der Waals surface area contributed by atoms with E-state index in [1.807, 2.05) is 55.5 Å². The average Bonchev–Trinajstić information content (AvgIpc) is 3.21. The maximum absolute atomic E-state index is 13.8. The van der Waals surface area contributed by atoms with Crippen molar-refractivity contribution in [1.82, 2.24) is 9.78 Å². The van der Waals surface area contributed by atoms with Gasteiger partial charge in [0.25, 0.3) is 0 Å². The molecule has 0 spiro atoms. The maximum Gasteiger partial charge on any atom is 0.418 e. The Morgan fingerprint density at radius 2 is 1.71 bits per heavy atom. The number of rotatable bonds is 5. The van der Waals surface area contributed by atoms with Crippen LogP contribution in [0.2, 0.25) is 0 Å². The number of fused-ring (bicyclic) bond motifs is 1. The first-order valence-electron chi connectivity index (χ1n) is 11.9. The van der Waals surface area contributed by atoms with Crippen LogP contribution in [0.4, 0.5) is 18.9 Å². The van der Waals surface area contributed by atoms with Gasteiger partial charge in [-0.1, -0.05) is 54.1 Å². The molecule has 1 aliphatic rings. The average molecular weight is 480 g/mol. The molecule has 0 radical (unpaired) electrons. The van der Waals surface area contributed by atoms with E-state index in [-0.39, 0.29) is 12.1 Å². The molecule has 4 aromatic rings. The van der Waals surface area contributed by atoms with Crippen LogP contribution in [0, 0.1) is 12.8 Å². The zero-order valence-electron chi connectivity index (χ0n) is 19.6. The van der Waals surface area contributed by atoms with Gasteiger partial charge in [0.2, 0.25) is 0 Å². The summed E-state index contributed by atoms with van der Waals surface area (Å²) in [6.07, 6.45) is -2.65. The molecule has 0 amide bonds. The lowest BCUT2D eigenvalue weighted by atomic mass is 9.97. The number of nitrogens with zero attached hydrogens (tertiary/aromatic N) is 3. The zero-order valence-corrected chi connectivity index (χ0v) is 19.6. The molecule has 0 saturated carbocycles. The van der Waals surface area contributed by atoms with Gasteiger partial charge in [-0.3, -0.25) is 4.68 Å². The van der Waals surface area contributed by atoms with Crippen molar-refractivity contribution in [2.75, 3.05) is 24.6 Å². The van der Waals surface area contributed by atoms with E-state index in [9.17, 15) is 18.3 Å². The van der Waals surface area contributed by atoms with Crippen molar-refractivity contribution < 1.29 is 18.3 Å². The minimum absolute atomic E-state index is 0.0307. The number of anilines is 1. The molecule has 4 nitrogen and oxygen atoms in total. The van der Waals surface area contributed by atoms with Gasteiger partial charge in [-0.05, 0) is 49.4 Å². The highest BCUT2D eigenvalue weighted by atomic mass is 19.4. The second-order valence-corrected chi connectivity index (χ2v) is 9.36. The Labute approximate surface area is 202 Å². The quantitative estimate of drug-likeness (QED) is 0.366. The van der Waals surface area contributed by atoms with E-state index in [2.05, 4.69) is 10.00 Å². The number of aromatic nitrogens is 2. The summed E-state index contributed by atoms with van der Waals surface area (Å²) in [5, 5.41) is 14.4. The first-order chi connectivity index (χ1) is 16.8. The molecule has 35 heavy (non-hydrogen) atoms. The summed E-state index contributed by atoms with van der Waals surface area (Å²) in [6.45, 7) is 4.26. The van der Waals surface area contributed by atoms with Crippen molar-refractivity contribution in [1.29, 1.82) is 0 Å². The zero-order chi connectivity index (χ0) is 24.6. The molecular formula is C28H28F3N3O. The van der Waals surface area contributed by atoms with Gasteiger partial charge in [-0.2, -0.15) is 18.3 Å². The van der Waals surface area contributed by atoms with Crippen LogP contribution in [0.1, 0.15) is 29.5 Å². The molecule has 182 valence electrons. The van der Waals surface area contributed by atoms with Gasteiger partial charge in [-0.15, -0.1) is 0 Å². The topological polar surface area (TPSA) is 41.3 Å². The number of aliphatic hydroxyl groups excluding tert-OH is 1. The Balaban J connectivity index is 1.62. The largest absolute Gasteiger partial charge is 0.418 e. The standard InChI is InChI=1S/C28H28F3N3O/c1-19-5-2-6-21(15-19)17-34-27(24-9-4-10-25(26(24)32-34)28(29,30)31)22-7-3-8-23(16-22)33-13-11-20(18-35)12-14-33/h2-10,15-16,20,35H,11-14,17-18H2,1H3. The Hall–Kier alpha value is -3.32. The van der Waals surface area contributed by atoms with Crippen LogP contribution in [-0.4, -0.2) is 34.6 Å². The molecule has 7 heteroatoms. The van der Waals surface area contributed by atoms with E-state index in [0.29, 0.717) is 23.5 Å². The molecule has 1 saturated heterocycles. The Kier molecular flexibility index (Phi) is 6.28. The van der Waals surface area contributed by atoms with Crippen LogP contribution in [0.15, 0.2) is 66.7 Å². The molecule has 0 aliphatic carbocycles. The van der Waals surface area contributed by atoms with Crippen molar-refractivity contribution in [3.05, 3.63) is 83.4 Å². The minimum atomic E-state index is -4.49. The van der Waals surface area contributed by atoms with Crippen LogP contribution in [0.5, 0.6) is 0 Å². The summed E-state index contributed by atoms with van der Waals surface area (Å²) in [7, 11) is 0. The van der Waals surface area contributed by atoms with E-state index >= 15 is 0 Å². The molecule has 0 atom stereocenters. The highest BCUT2D eigenvalue weighted by Gasteiger charge is 2.34. The monoisotopic (exact) mass is 479 g/mol. The Bertz CT molecular complexity index is 1340. The van der Waals surface area contributed by atoms with Crippen LogP contribution >= 0.6 is 0 Å². The third-order valence-corrected chi connectivity index (χ3v) is 6.85. The van der Waals surface area contributed by atoms with Gasteiger partial charge in [0.1, 0.15) is 5.52 Å². The number of aliphatic hydroxyl groups is 1. The number of halogens is 3. The lowest BCUT2D eigenvalue weighted by Gasteiger charge is -2.33. The molecule has 5 rings (SSSR count). The summed E-state index contributed by atoms with van der Waals surface area (Å²) in [5.41, 5.74) is 3.86. The van der Waals surface area contributed by atoms with Crippen molar-refractivity contribution in [3.63, 3.8) is 0 Å². The fraction of sp³-hybridized carbons (Fsp3) is 0.321. The van der Waals surface area contributed by atoms with Crippen LogP contribution in [0.3, 0.4) is 0 Å². The van der Waals surface area contributed by atoms with Crippen molar-refractivity contribution >= 4 is 16.6 Å².